The van der Waals surface area contributed by atoms with Gasteiger partial charge in [-0.05, 0) is 25.0 Å². The molecule has 0 saturated carbocycles. The van der Waals surface area contributed by atoms with Crippen molar-refractivity contribution >= 4 is 29.3 Å². The number of piperidine rings is 1. The highest BCUT2D eigenvalue weighted by Gasteiger charge is 2.45. The van der Waals surface area contributed by atoms with Gasteiger partial charge >= 0.3 is 0 Å². The van der Waals surface area contributed by atoms with Crippen molar-refractivity contribution < 1.29 is 23.9 Å². The molecular weight excluding hydrogens is 350 g/mol. The summed E-state index contributed by atoms with van der Waals surface area (Å²) in [7, 11) is 0. The maximum Gasteiger partial charge on any atom is 0.264 e. The van der Waals surface area contributed by atoms with E-state index in [4.69, 9.17) is 4.74 Å². The molecule has 0 radical (unpaired) electrons. The normalized spacial score (nSPS) is 19.3. The first kappa shape index (κ1) is 19.0. The zero-order chi connectivity index (χ0) is 19.4. The number of imide groups is 2. The number of unbranched alkanes of at least 4 members (excludes halogenated alkanes) is 1. The average molecular weight is 373 g/mol. The van der Waals surface area contributed by atoms with Crippen molar-refractivity contribution in [3.8, 4) is 0 Å². The molecule has 2 aliphatic rings. The van der Waals surface area contributed by atoms with E-state index in [2.05, 4.69) is 17.6 Å². The molecule has 1 saturated heterocycles. The maximum atomic E-state index is 12.9. The van der Waals surface area contributed by atoms with Crippen LogP contribution in [0.2, 0.25) is 0 Å². The fourth-order valence-electron chi connectivity index (χ4n) is 3.27. The van der Waals surface area contributed by atoms with Crippen molar-refractivity contribution in [3.05, 3.63) is 29.3 Å². The van der Waals surface area contributed by atoms with Crippen LogP contribution in [0.25, 0.3) is 0 Å². The topological polar surface area (TPSA) is 105 Å². The van der Waals surface area contributed by atoms with E-state index in [-0.39, 0.29) is 24.0 Å². The van der Waals surface area contributed by atoms with Crippen LogP contribution < -0.4 is 10.6 Å². The summed E-state index contributed by atoms with van der Waals surface area (Å²) in [4.78, 5) is 50.0. The molecule has 1 aromatic carbocycles. The summed E-state index contributed by atoms with van der Waals surface area (Å²) in [6.45, 7) is 3.76. The molecule has 2 aliphatic heterocycles. The number of amides is 4. The van der Waals surface area contributed by atoms with E-state index in [1.54, 1.807) is 18.2 Å². The first-order valence-electron chi connectivity index (χ1n) is 9.20. The monoisotopic (exact) mass is 373 g/mol. The zero-order valence-corrected chi connectivity index (χ0v) is 15.2. The van der Waals surface area contributed by atoms with Crippen molar-refractivity contribution in [2.24, 2.45) is 0 Å². The minimum absolute atomic E-state index is 0.101. The molecule has 0 bridgehead atoms. The first-order chi connectivity index (χ1) is 13.0. The third kappa shape index (κ3) is 3.85. The largest absolute Gasteiger partial charge is 0.382 e. The Morgan fingerprint density at radius 3 is 2.74 bits per heavy atom. The van der Waals surface area contributed by atoms with Crippen LogP contribution >= 0.6 is 0 Å². The van der Waals surface area contributed by atoms with E-state index in [1.165, 1.54) is 0 Å². The summed E-state index contributed by atoms with van der Waals surface area (Å²) >= 11 is 0. The van der Waals surface area contributed by atoms with Crippen LogP contribution in [0.1, 0.15) is 53.3 Å². The summed E-state index contributed by atoms with van der Waals surface area (Å²) in [6.07, 6.45) is 2.30. The summed E-state index contributed by atoms with van der Waals surface area (Å²) in [5.74, 6) is -2.02. The Morgan fingerprint density at radius 1 is 1.19 bits per heavy atom. The molecule has 1 aromatic rings. The lowest BCUT2D eigenvalue weighted by Gasteiger charge is -2.27. The molecule has 27 heavy (non-hydrogen) atoms. The number of fused-ring (bicyclic) bond motifs is 1. The van der Waals surface area contributed by atoms with Crippen LogP contribution in [-0.2, 0) is 14.3 Å². The average Bonchev–Trinajstić information content (AvgIpc) is 2.90. The molecule has 2 heterocycles. The summed E-state index contributed by atoms with van der Waals surface area (Å²) in [6, 6.07) is 4.03. The van der Waals surface area contributed by atoms with Gasteiger partial charge in [0.1, 0.15) is 6.04 Å². The lowest BCUT2D eigenvalue weighted by atomic mass is 10.0. The van der Waals surface area contributed by atoms with Crippen LogP contribution in [0.5, 0.6) is 0 Å². The van der Waals surface area contributed by atoms with E-state index < -0.39 is 29.7 Å². The Kier molecular flexibility index (Phi) is 5.85. The van der Waals surface area contributed by atoms with Crippen LogP contribution in [-0.4, -0.2) is 54.3 Å². The van der Waals surface area contributed by atoms with Crippen LogP contribution in [0.4, 0.5) is 5.69 Å². The molecule has 8 heteroatoms. The minimum atomic E-state index is -0.958. The van der Waals surface area contributed by atoms with E-state index >= 15 is 0 Å². The molecule has 144 valence electrons. The van der Waals surface area contributed by atoms with Gasteiger partial charge in [0.15, 0.2) is 0 Å². The van der Waals surface area contributed by atoms with Crippen LogP contribution in [0.3, 0.4) is 0 Å². The number of carbonyl (C=O) groups excluding carboxylic acids is 4. The Balaban J connectivity index is 1.72. The fourth-order valence-corrected chi connectivity index (χ4v) is 3.27. The van der Waals surface area contributed by atoms with E-state index in [0.29, 0.717) is 25.4 Å². The van der Waals surface area contributed by atoms with Crippen molar-refractivity contribution in [2.75, 3.05) is 25.1 Å². The van der Waals surface area contributed by atoms with Crippen LogP contribution in [0, 0.1) is 0 Å². The second kappa shape index (κ2) is 8.30. The number of hydrogen-bond acceptors (Lipinski definition) is 6. The molecule has 3 rings (SSSR count). The first-order valence-corrected chi connectivity index (χ1v) is 9.20. The lowest BCUT2D eigenvalue weighted by molar-refractivity contribution is -0.136. The standard InChI is InChI=1S/C19H23N3O5/c1-2-3-10-27-11-9-20-13-6-4-5-12-16(13)19(26)22(18(12)25)14-7-8-15(23)21-17(14)24/h4-6,14,20H,2-3,7-11H2,1H3,(H,21,23,24). The highest BCUT2D eigenvalue weighted by atomic mass is 16.5. The molecule has 4 amide bonds. The number of nitrogens with one attached hydrogen (secondary N) is 2. The van der Waals surface area contributed by atoms with Gasteiger partial charge in [-0.15, -0.1) is 0 Å². The lowest BCUT2D eigenvalue weighted by Crippen LogP contribution is -2.54. The molecule has 1 unspecified atom stereocenters. The van der Waals surface area contributed by atoms with Gasteiger partial charge in [0.25, 0.3) is 11.8 Å². The van der Waals surface area contributed by atoms with Gasteiger partial charge in [-0.2, -0.15) is 0 Å². The number of hydrogen-bond donors (Lipinski definition) is 2. The van der Waals surface area contributed by atoms with Gasteiger partial charge in [0.2, 0.25) is 11.8 Å². The van der Waals surface area contributed by atoms with Gasteiger partial charge in [-0.1, -0.05) is 19.4 Å². The van der Waals surface area contributed by atoms with Crippen molar-refractivity contribution in [2.45, 2.75) is 38.6 Å². The van der Waals surface area contributed by atoms with Crippen molar-refractivity contribution in [1.29, 1.82) is 0 Å². The van der Waals surface area contributed by atoms with Gasteiger partial charge in [0, 0.05) is 25.3 Å². The second-order valence-corrected chi connectivity index (χ2v) is 6.57. The molecule has 0 spiro atoms. The smallest absolute Gasteiger partial charge is 0.264 e. The van der Waals surface area contributed by atoms with E-state index in [1.807, 2.05) is 0 Å². The molecule has 1 atom stereocenters. The number of rotatable bonds is 8. The summed E-state index contributed by atoms with van der Waals surface area (Å²) in [5, 5.41) is 5.33. The van der Waals surface area contributed by atoms with Crippen molar-refractivity contribution in [1.82, 2.24) is 10.2 Å². The molecular formula is C19H23N3O5. The second-order valence-electron chi connectivity index (χ2n) is 6.57. The van der Waals surface area contributed by atoms with Gasteiger partial charge in [-0.25, -0.2) is 0 Å². The van der Waals surface area contributed by atoms with Gasteiger partial charge < -0.3 is 10.1 Å². The maximum absolute atomic E-state index is 12.9. The van der Waals surface area contributed by atoms with Gasteiger partial charge in [0.05, 0.1) is 17.7 Å². The Labute approximate surface area is 157 Å². The fraction of sp³-hybridized carbons (Fsp3) is 0.474. The highest BCUT2D eigenvalue weighted by molar-refractivity contribution is 6.25. The Hall–Kier alpha value is -2.74. The molecule has 0 aliphatic carbocycles. The number of ether oxygens (including phenoxy) is 1. The highest BCUT2D eigenvalue weighted by Crippen LogP contribution is 2.32. The van der Waals surface area contributed by atoms with Crippen LogP contribution in [0.15, 0.2) is 18.2 Å². The third-order valence-electron chi connectivity index (χ3n) is 4.67. The molecule has 0 aromatic heterocycles. The zero-order valence-electron chi connectivity index (χ0n) is 15.2. The number of carbonyl (C=O) groups is 4. The van der Waals surface area contributed by atoms with E-state index in [0.717, 1.165) is 17.7 Å². The number of benzene rings is 1. The Bertz CT molecular complexity index is 777. The quantitative estimate of drug-likeness (QED) is 0.526. The van der Waals surface area contributed by atoms with Crippen molar-refractivity contribution in [3.63, 3.8) is 0 Å². The molecule has 8 nitrogen and oxygen atoms in total. The van der Waals surface area contributed by atoms with E-state index in [9.17, 15) is 19.2 Å². The number of nitrogens with zero attached hydrogens (tertiary/aromatic N) is 1. The summed E-state index contributed by atoms with van der Waals surface area (Å²) < 4.78 is 5.49. The predicted octanol–water partition coefficient (Wildman–Crippen LogP) is 1.32. The molecule has 2 N–H and O–H groups in total. The molecule has 1 fully saturated rings. The van der Waals surface area contributed by atoms with Gasteiger partial charge in [-0.3, -0.25) is 29.4 Å². The summed E-state index contributed by atoms with van der Waals surface area (Å²) in [5.41, 5.74) is 1.07. The minimum Gasteiger partial charge on any atom is -0.382 e. The third-order valence-corrected chi connectivity index (χ3v) is 4.67. The Morgan fingerprint density at radius 2 is 2.00 bits per heavy atom. The SMILES string of the molecule is CCCCOCCNc1cccc2c1C(=O)N(C1CCC(=O)NC1=O)C2=O. The predicted molar refractivity (Wildman–Crippen MR) is 97.3 cm³/mol. The number of anilines is 1.